The quantitative estimate of drug-likeness (QED) is 0.432. The van der Waals surface area contributed by atoms with Crippen LogP contribution in [-0.2, 0) is 9.53 Å². The average molecular weight is 372 g/mol. The molecule has 2 N–H and O–H groups in total. The fourth-order valence-electron chi connectivity index (χ4n) is 5.72. The van der Waals surface area contributed by atoms with Crippen molar-refractivity contribution in [3.8, 4) is 5.75 Å². The number of aliphatic hydroxyl groups excluding tert-OH is 1. The summed E-state index contributed by atoms with van der Waals surface area (Å²) in [5, 5.41) is 21.8. The van der Waals surface area contributed by atoms with Crippen LogP contribution in [0.2, 0.25) is 0 Å². The molecular weight excluding hydrogens is 352 g/mol. The monoisotopic (exact) mass is 372 g/mol. The van der Waals surface area contributed by atoms with Crippen LogP contribution in [-0.4, -0.2) is 50.7 Å². The predicted octanol–water partition coefficient (Wildman–Crippen LogP) is 1.18. The molecule has 3 fully saturated rings. The van der Waals surface area contributed by atoms with Crippen molar-refractivity contribution in [3.63, 3.8) is 0 Å². The summed E-state index contributed by atoms with van der Waals surface area (Å²) in [7, 11) is 0. The Labute approximate surface area is 155 Å². The molecule has 0 unspecified atom stereocenters. The lowest BCUT2D eigenvalue weighted by Gasteiger charge is -2.49. The average Bonchev–Trinajstić information content (AvgIpc) is 3.31. The highest BCUT2D eigenvalue weighted by molar-refractivity contribution is 6.26. The zero-order valence-corrected chi connectivity index (χ0v) is 14.9. The number of ketones is 2. The van der Waals surface area contributed by atoms with Crippen LogP contribution in [0, 0.1) is 5.92 Å². The lowest BCUT2D eigenvalue weighted by Crippen LogP contribution is -2.65. The molecule has 142 valence electrons. The van der Waals surface area contributed by atoms with Crippen molar-refractivity contribution in [1.29, 1.82) is 0 Å². The first-order chi connectivity index (χ1) is 12.8. The Balaban J connectivity index is 1.70. The molecule has 5 rings (SSSR count). The van der Waals surface area contributed by atoms with Crippen molar-refractivity contribution in [2.24, 2.45) is 5.92 Å². The SMILES string of the molecule is CC(=O)Oc1cccc2c1C(=O)[C@]13CC[C@]4(O)CCC[C@@H](O)[C@@H]4[C@]1(O3)C2=O. The number of carbonyl (C=O) groups is 3. The fourth-order valence-corrected chi connectivity index (χ4v) is 5.72. The second kappa shape index (κ2) is 5.04. The van der Waals surface area contributed by atoms with Gasteiger partial charge in [-0.3, -0.25) is 14.4 Å². The Morgan fingerprint density at radius 1 is 1.22 bits per heavy atom. The van der Waals surface area contributed by atoms with Gasteiger partial charge in [0.25, 0.3) is 0 Å². The number of Topliss-reactive ketones (excluding diaryl/α,β-unsaturated/α-hetero) is 2. The molecule has 3 aliphatic carbocycles. The van der Waals surface area contributed by atoms with E-state index >= 15 is 0 Å². The summed E-state index contributed by atoms with van der Waals surface area (Å²) in [6.45, 7) is 1.23. The zero-order valence-electron chi connectivity index (χ0n) is 14.9. The standard InChI is InChI=1S/C20H20O7/c1-10(21)26-13-6-2-4-11-14(13)17(24)19-9-8-18(25)7-3-5-12(22)15(18)20(19,27-19)16(11)23/h2,4,6,12,15,22,25H,3,5,7-9H2,1H3/t12-,15+,18-,19-,20+/m1/s1. The van der Waals surface area contributed by atoms with Crippen molar-refractivity contribution in [2.45, 2.75) is 61.9 Å². The van der Waals surface area contributed by atoms with Crippen molar-refractivity contribution in [2.75, 3.05) is 0 Å². The highest BCUT2D eigenvalue weighted by Crippen LogP contribution is 2.69. The molecule has 0 radical (unpaired) electrons. The molecular formula is C20H20O7. The molecule has 1 aliphatic heterocycles. The minimum Gasteiger partial charge on any atom is -0.426 e. The van der Waals surface area contributed by atoms with Crippen LogP contribution < -0.4 is 4.74 Å². The maximum Gasteiger partial charge on any atom is 0.308 e. The number of benzene rings is 1. The number of hydrogen-bond donors (Lipinski definition) is 2. The van der Waals surface area contributed by atoms with Crippen LogP contribution in [0.15, 0.2) is 18.2 Å². The van der Waals surface area contributed by atoms with E-state index in [2.05, 4.69) is 0 Å². The molecule has 1 saturated heterocycles. The van der Waals surface area contributed by atoms with Gasteiger partial charge in [-0.25, -0.2) is 0 Å². The normalized spacial score (nSPS) is 41.7. The molecule has 7 heteroatoms. The van der Waals surface area contributed by atoms with Gasteiger partial charge in [0, 0.05) is 12.5 Å². The van der Waals surface area contributed by atoms with Crippen molar-refractivity contribution >= 4 is 17.5 Å². The topological polar surface area (TPSA) is 113 Å². The van der Waals surface area contributed by atoms with Crippen molar-refractivity contribution in [3.05, 3.63) is 29.3 Å². The van der Waals surface area contributed by atoms with E-state index in [4.69, 9.17) is 9.47 Å². The van der Waals surface area contributed by atoms with Crippen molar-refractivity contribution < 1.29 is 34.1 Å². The van der Waals surface area contributed by atoms with Gasteiger partial charge in [-0.1, -0.05) is 12.1 Å². The first kappa shape index (κ1) is 17.0. The minimum atomic E-state index is -1.53. The molecule has 1 aromatic rings. The van der Waals surface area contributed by atoms with Crippen LogP contribution >= 0.6 is 0 Å². The van der Waals surface area contributed by atoms with Crippen LogP contribution in [0.4, 0.5) is 0 Å². The van der Waals surface area contributed by atoms with E-state index in [-0.39, 0.29) is 29.7 Å². The van der Waals surface area contributed by atoms with Crippen LogP contribution in [0.3, 0.4) is 0 Å². The molecule has 1 heterocycles. The van der Waals surface area contributed by atoms with Gasteiger partial charge in [0.05, 0.1) is 23.2 Å². The summed E-state index contributed by atoms with van der Waals surface area (Å²) in [6, 6.07) is 4.53. The molecule has 2 saturated carbocycles. The molecule has 7 nitrogen and oxygen atoms in total. The largest absolute Gasteiger partial charge is 0.426 e. The number of epoxide rings is 1. The lowest BCUT2D eigenvalue weighted by molar-refractivity contribution is -0.136. The number of ether oxygens (including phenoxy) is 2. The van der Waals surface area contributed by atoms with Gasteiger partial charge in [0.1, 0.15) is 5.75 Å². The Kier molecular flexibility index (Phi) is 3.18. The summed E-state index contributed by atoms with van der Waals surface area (Å²) < 4.78 is 11.1. The highest BCUT2D eigenvalue weighted by atomic mass is 16.6. The first-order valence-corrected chi connectivity index (χ1v) is 9.28. The van der Waals surface area contributed by atoms with E-state index in [1.54, 1.807) is 6.07 Å². The highest BCUT2D eigenvalue weighted by Gasteiger charge is 2.88. The Morgan fingerprint density at radius 2 is 2.00 bits per heavy atom. The van der Waals surface area contributed by atoms with E-state index in [1.807, 2.05) is 0 Å². The molecule has 0 bridgehead atoms. The number of carbonyl (C=O) groups excluding carboxylic acids is 3. The van der Waals surface area contributed by atoms with E-state index in [9.17, 15) is 24.6 Å². The summed E-state index contributed by atoms with van der Waals surface area (Å²) in [4.78, 5) is 38.3. The zero-order chi connectivity index (χ0) is 19.2. The number of fused-ring (bicyclic) bond motifs is 2. The van der Waals surface area contributed by atoms with Gasteiger partial charge in [0.2, 0.25) is 5.78 Å². The van der Waals surface area contributed by atoms with E-state index < -0.39 is 46.4 Å². The maximum atomic E-state index is 13.5. The number of hydrogen-bond acceptors (Lipinski definition) is 7. The maximum absolute atomic E-state index is 13.5. The number of aliphatic hydroxyl groups is 2. The predicted molar refractivity (Wildman–Crippen MR) is 90.5 cm³/mol. The Bertz CT molecular complexity index is 908. The molecule has 0 amide bonds. The molecule has 4 aliphatic rings. The Morgan fingerprint density at radius 3 is 2.74 bits per heavy atom. The van der Waals surface area contributed by atoms with Crippen LogP contribution in [0.1, 0.15) is 59.7 Å². The Hall–Kier alpha value is -2.09. The smallest absolute Gasteiger partial charge is 0.308 e. The number of esters is 1. The van der Waals surface area contributed by atoms with E-state index in [0.29, 0.717) is 19.3 Å². The summed E-state index contributed by atoms with van der Waals surface area (Å²) >= 11 is 0. The van der Waals surface area contributed by atoms with E-state index in [0.717, 1.165) is 0 Å². The summed E-state index contributed by atoms with van der Waals surface area (Å²) in [5.41, 5.74) is -3.96. The first-order valence-electron chi connectivity index (χ1n) is 9.28. The van der Waals surface area contributed by atoms with Gasteiger partial charge in [0.15, 0.2) is 17.0 Å². The molecule has 0 spiro atoms. The third-order valence-electron chi connectivity index (χ3n) is 6.77. The molecule has 27 heavy (non-hydrogen) atoms. The summed E-state index contributed by atoms with van der Waals surface area (Å²) in [5.74, 6) is -2.21. The molecule has 5 atom stereocenters. The van der Waals surface area contributed by atoms with Crippen LogP contribution in [0.5, 0.6) is 5.75 Å². The van der Waals surface area contributed by atoms with Gasteiger partial charge >= 0.3 is 5.97 Å². The fraction of sp³-hybridized carbons (Fsp3) is 0.550. The third kappa shape index (κ3) is 1.84. The second-order valence-electron chi connectivity index (χ2n) is 8.14. The van der Waals surface area contributed by atoms with Crippen molar-refractivity contribution in [1.82, 2.24) is 0 Å². The van der Waals surface area contributed by atoms with Gasteiger partial charge in [-0.05, 0) is 38.2 Å². The molecule has 0 aromatic heterocycles. The van der Waals surface area contributed by atoms with Gasteiger partial charge < -0.3 is 19.7 Å². The van der Waals surface area contributed by atoms with Crippen LogP contribution in [0.25, 0.3) is 0 Å². The second-order valence-corrected chi connectivity index (χ2v) is 8.14. The summed E-state index contributed by atoms with van der Waals surface area (Å²) in [6.07, 6.45) is 1.15. The minimum absolute atomic E-state index is 0.0434. The van der Waals surface area contributed by atoms with Gasteiger partial charge in [-0.2, -0.15) is 0 Å². The van der Waals surface area contributed by atoms with E-state index in [1.165, 1.54) is 19.1 Å². The number of rotatable bonds is 1. The molecule has 1 aromatic carbocycles. The lowest BCUT2D eigenvalue weighted by atomic mass is 9.53. The van der Waals surface area contributed by atoms with Gasteiger partial charge in [-0.15, -0.1) is 0 Å². The third-order valence-corrected chi connectivity index (χ3v) is 6.77.